The lowest BCUT2D eigenvalue weighted by Gasteiger charge is -2.33. The number of hydrogen-bond acceptors (Lipinski definition) is 4. The first-order valence-electron chi connectivity index (χ1n) is 10.1. The molecule has 0 aliphatic carbocycles. The molecular formula is C22H19F4N3O4. The van der Waals surface area contributed by atoms with E-state index < -0.39 is 29.0 Å². The number of halogens is 4. The largest absolute Gasteiger partial charge is 0.573 e. The fraction of sp³-hybridized carbons (Fsp3) is 0.318. The highest BCUT2D eigenvalue weighted by atomic mass is 19.4. The van der Waals surface area contributed by atoms with Crippen LogP contribution in [0.5, 0.6) is 5.75 Å². The molecule has 2 aromatic carbocycles. The number of piperidine rings is 1. The van der Waals surface area contributed by atoms with Crippen molar-refractivity contribution in [3.8, 4) is 5.75 Å². The SMILES string of the molecule is Cn1c(=O)c(=O)n(C2CCN(C(=O)c3ccc(OC(F)(F)F)cc3)CC2)c2ccc(F)cc21. The summed E-state index contributed by atoms with van der Waals surface area (Å²) in [6, 6.07) is 8.13. The Morgan fingerprint density at radius 2 is 1.61 bits per heavy atom. The molecule has 0 bridgehead atoms. The molecule has 0 radical (unpaired) electrons. The van der Waals surface area contributed by atoms with Crippen LogP contribution in [0.1, 0.15) is 29.2 Å². The van der Waals surface area contributed by atoms with Crippen LogP contribution in [0.3, 0.4) is 0 Å². The van der Waals surface area contributed by atoms with Gasteiger partial charge in [-0.2, -0.15) is 0 Å². The van der Waals surface area contributed by atoms with E-state index in [1.165, 1.54) is 46.8 Å². The average molecular weight is 465 g/mol. The molecule has 0 N–H and O–H groups in total. The number of ether oxygens (including phenoxy) is 1. The molecule has 1 aliphatic rings. The summed E-state index contributed by atoms with van der Waals surface area (Å²) in [5.74, 6) is -1.32. The number of alkyl halides is 3. The van der Waals surface area contributed by atoms with Crippen LogP contribution < -0.4 is 15.9 Å². The first-order chi connectivity index (χ1) is 15.5. The van der Waals surface area contributed by atoms with Crippen molar-refractivity contribution >= 4 is 16.9 Å². The van der Waals surface area contributed by atoms with Crippen LogP contribution in [0.2, 0.25) is 0 Å². The number of hydrogen-bond donors (Lipinski definition) is 0. The highest BCUT2D eigenvalue weighted by molar-refractivity contribution is 5.94. The number of carbonyl (C=O) groups excluding carboxylic acids is 1. The molecule has 1 aliphatic heterocycles. The van der Waals surface area contributed by atoms with Crippen LogP contribution >= 0.6 is 0 Å². The van der Waals surface area contributed by atoms with Crippen LogP contribution in [0, 0.1) is 5.82 Å². The predicted octanol–water partition coefficient (Wildman–Crippen LogP) is 3.22. The fourth-order valence-electron chi connectivity index (χ4n) is 4.11. The van der Waals surface area contributed by atoms with E-state index in [2.05, 4.69) is 4.74 Å². The number of nitrogens with zero attached hydrogens (tertiary/aromatic N) is 3. The van der Waals surface area contributed by atoms with E-state index in [1.54, 1.807) is 0 Å². The maximum absolute atomic E-state index is 13.7. The summed E-state index contributed by atoms with van der Waals surface area (Å²) in [7, 11) is 1.40. The molecule has 0 atom stereocenters. The zero-order valence-corrected chi connectivity index (χ0v) is 17.4. The van der Waals surface area contributed by atoms with Crippen molar-refractivity contribution < 1.29 is 27.1 Å². The molecule has 11 heteroatoms. The molecule has 33 heavy (non-hydrogen) atoms. The number of benzene rings is 2. The highest BCUT2D eigenvalue weighted by Crippen LogP contribution is 2.27. The molecule has 174 valence electrons. The van der Waals surface area contributed by atoms with Crippen molar-refractivity contribution in [2.24, 2.45) is 7.05 Å². The maximum atomic E-state index is 13.7. The fourth-order valence-corrected chi connectivity index (χ4v) is 4.11. The molecule has 1 fully saturated rings. The Hall–Kier alpha value is -3.63. The van der Waals surface area contributed by atoms with Crippen molar-refractivity contribution in [1.29, 1.82) is 0 Å². The van der Waals surface area contributed by atoms with Crippen molar-refractivity contribution in [2.45, 2.75) is 25.2 Å². The second kappa shape index (κ2) is 8.38. The van der Waals surface area contributed by atoms with Gasteiger partial charge in [0.1, 0.15) is 11.6 Å². The molecule has 0 spiro atoms. The smallest absolute Gasteiger partial charge is 0.406 e. The van der Waals surface area contributed by atoms with Crippen molar-refractivity contribution in [3.63, 3.8) is 0 Å². The van der Waals surface area contributed by atoms with Gasteiger partial charge < -0.3 is 14.2 Å². The van der Waals surface area contributed by atoms with Crippen LogP contribution in [0.15, 0.2) is 52.1 Å². The van der Waals surface area contributed by atoms with Gasteiger partial charge in [-0.25, -0.2) is 4.39 Å². The summed E-state index contributed by atoms with van der Waals surface area (Å²) < 4.78 is 56.9. The summed E-state index contributed by atoms with van der Waals surface area (Å²) in [5.41, 5.74) is -0.572. The van der Waals surface area contributed by atoms with Crippen LogP contribution in [0.4, 0.5) is 17.6 Å². The summed E-state index contributed by atoms with van der Waals surface area (Å²) >= 11 is 0. The number of aromatic nitrogens is 2. The molecule has 3 aromatic rings. The van der Waals surface area contributed by atoms with Gasteiger partial charge >= 0.3 is 17.5 Å². The van der Waals surface area contributed by atoms with E-state index in [4.69, 9.17) is 0 Å². The minimum absolute atomic E-state index is 0.203. The monoisotopic (exact) mass is 465 g/mol. The van der Waals surface area contributed by atoms with Gasteiger partial charge in [0.2, 0.25) is 0 Å². The molecule has 1 saturated heterocycles. The molecule has 1 aromatic heterocycles. The number of rotatable bonds is 3. The van der Waals surface area contributed by atoms with Crippen molar-refractivity contribution in [2.75, 3.05) is 13.1 Å². The van der Waals surface area contributed by atoms with Gasteiger partial charge in [0.25, 0.3) is 5.91 Å². The lowest BCUT2D eigenvalue weighted by Crippen LogP contribution is -2.45. The Labute approximate surface area is 184 Å². The zero-order valence-electron chi connectivity index (χ0n) is 17.4. The molecule has 7 nitrogen and oxygen atoms in total. The minimum atomic E-state index is -4.82. The molecular weight excluding hydrogens is 446 g/mol. The minimum Gasteiger partial charge on any atom is -0.406 e. The van der Waals surface area contributed by atoms with Gasteiger partial charge in [-0.1, -0.05) is 0 Å². The number of carbonyl (C=O) groups is 1. The summed E-state index contributed by atoms with van der Waals surface area (Å²) in [4.78, 5) is 39.4. The number of aryl methyl sites for hydroxylation is 1. The van der Waals surface area contributed by atoms with Gasteiger partial charge in [-0.3, -0.25) is 19.0 Å². The van der Waals surface area contributed by atoms with E-state index in [0.29, 0.717) is 23.9 Å². The predicted molar refractivity (Wildman–Crippen MR) is 111 cm³/mol. The second-order valence-corrected chi connectivity index (χ2v) is 7.77. The zero-order chi connectivity index (χ0) is 23.9. The Bertz CT molecular complexity index is 1320. The Morgan fingerprint density at radius 1 is 0.970 bits per heavy atom. The van der Waals surface area contributed by atoms with Crippen molar-refractivity contribution in [1.82, 2.24) is 14.0 Å². The molecule has 0 unspecified atom stereocenters. The van der Waals surface area contributed by atoms with E-state index in [1.807, 2.05) is 0 Å². The standard InChI is InChI=1S/C22H19F4N3O4/c1-27-18-12-14(23)4-7-17(18)29(21(32)20(27)31)15-8-10-28(11-9-15)19(30)13-2-5-16(6-3-13)33-22(24,25)26/h2-7,12,15H,8-11H2,1H3. The lowest BCUT2D eigenvalue weighted by atomic mass is 10.0. The third-order valence-electron chi connectivity index (χ3n) is 5.72. The summed E-state index contributed by atoms with van der Waals surface area (Å²) in [6.45, 7) is 0.545. The number of fused-ring (bicyclic) bond motifs is 1. The van der Waals surface area contributed by atoms with E-state index in [0.717, 1.165) is 16.7 Å². The second-order valence-electron chi connectivity index (χ2n) is 7.77. The Kier molecular flexibility index (Phi) is 5.73. The first kappa shape index (κ1) is 22.6. The first-order valence-corrected chi connectivity index (χ1v) is 10.1. The lowest BCUT2D eigenvalue weighted by molar-refractivity contribution is -0.274. The molecule has 4 rings (SSSR count). The number of likely N-dealkylation sites (tertiary alicyclic amines) is 1. The average Bonchev–Trinajstić information content (AvgIpc) is 2.77. The Morgan fingerprint density at radius 3 is 2.21 bits per heavy atom. The maximum Gasteiger partial charge on any atom is 0.573 e. The Balaban J connectivity index is 1.53. The van der Waals surface area contributed by atoms with Crippen LogP contribution in [-0.4, -0.2) is 39.4 Å². The summed E-state index contributed by atoms with van der Waals surface area (Å²) in [6.07, 6.45) is -4.07. The molecule has 0 saturated carbocycles. The van der Waals surface area contributed by atoms with Gasteiger partial charge in [0.05, 0.1) is 11.0 Å². The topological polar surface area (TPSA) is 73.5 Å². The van der Waals surface area contributed by atoms with E-state index >= 15 is 0 Å². The van der Waals surface area contributed by atoms with Crippen LogP contribution in [0.25, 0.3) is 11.0 Å². The van der Waals surface area contributed by atoms with Crippen LogP contribution in [-0.2, 0) is 7.05 Å². The van der Waals surface area contributed by atoms with Gasteiger partial charge in [0, 0.05) is 31.7 Å². The third kappa shape index (κ3) is 4.48. The molecule has 1 amide bonds. The van der Waals surface area contributed by atoms with E-state index in [9.17, 15) is 31.9 Å². The third-order valence-corrected chi connectivity index (χ3v) is 5.72. The van der Waals surface area contributed by atoms with Crippen molar-refractivity contribution in [3.05, 3.63) is 74.6 Å². The molecule has 2 heterocycles. The highest BCUT2D eigenvalue weighted by Gasteiger charge is 2.31. The van der Waals surface area contributed by atoms with E-state index in [-0.39, 0.29) is 30.6 Å². The normalized spacial score (nSPS) is 15.1. The van der Waals surface area contributed by atoms with Gasteiger partial charge in [-0.05, 0) is 55.3 Å². The quantitative estimate of drug-likeness (QED) is 0.440. The summed E-state index contributed by atoms with van der Waals surface area (Å²) in [5, 5.41) is 0. The number of amides is 1. The van der Waals surface area contributed by atoms with Gasteiger partial charge in [-0.15, -0.1) is 13.2 Å². The van der Waals surface area contributed by atoms with Gasteiger partial charge in [0.15, 0.2) is 0 Å².